The Hall–Kier alpha value is -0.950. The van der Waals surface area contributed by atoms with Gasteiger partial charge in [0.1, 0.15) is 18.1 Å². The van der Waals surface area contributed by atoms with Crippen molar-refractivity contribution >= 4 is 15.9 Å². The van der Waals surface area contributed by atoms with Crippen LogP contribution in [0.1, 0.15) is 5.56 Å². The molecule has 18 heavy (non-hydrogen) atoms. The Kier molecular flexibility index (Phi) is 5.74. The molecule has 0 saturated carbocycles. The molecule has 0 aromatic heterocycles. The van der Waals surface area contributed by atoms with Crippen LogP contribution in [0.3, 0.4) is 0 Å². The normalized spacial score (nSPS) is 11.4. The molecular weight excluding hydrogens is 317 g/mol. The number of benzene rings is 1. The molecular formula is C11H12BrF3O3. The molecule has 0 aliphatic heterocycles. The number of hydrogen-bond donors (Lipinski definition) is 0. The summed E-state index contributed by atoms with van der Waals surface area (Å²) >= 11 is 3.26. The quantitative estimate of drug-likeness (QED) is 0.591. The van der Waals surface area contributed by atoms with E-state index in [1.165, 1.54) is 7.11 Å². The van der Waals surface area contributed by atoms with Crippen LogP contribution in [0, 0.1) is 0 Å². The van der Waals surface area contributed by atoms with E-state index in [1.807, 2.05) is 0 Å². The standard InChI is InChI=1S/C11H12BrF3O3/c1-16-9-3-2-8(7-12)10(6-9)17-4-5-18-11(13,14)15/h2-3,6H,4-5,7H2,1H3. The van der Waals surface area contributed by atoms with Gasteiger partial charge in [-0.1, -0.05) is 22.0 Å². The molecule has 0 amide bonds. The van der Waals surface area contributed by atoms with Gasteiger partial charge < -0.3 is 9.47 Å². The Bertz CT molecular complexity index is 382. The molecule has 0 bridgehead atoms. The van der Waals surface area contributed by atoms with Crippen LogP contribution in [0.15, 0.2) is 18.2 Å². The average molecular weight is 329 g/mol. The van der Waals surface area contributed by atoms with Crippen molar-refractivity contribution in [3.05, 3.63) is 23.8 Å². The second-order valence-electron chi connectivity index (χ2n) is 3.25. The molecule has 0 atom stereocenters. The first-order chi connectivity index (χ1) is 8.46. The van der Waals surface area contributed by atoms with Crippen molar-refractivity contribution in [3.8, 4) is 11.5 Å². The molecule has 0 unspecified atom stereocenters. The zero-order valence-corrected chi connectivity index (χ0v) is 11.2. The van der Waals surface area contributed by atoms with Crippen molar-refractivity contribution in [2.45, 2.75) is 11.7 Å². The van der Waals surface area contributed by atoms with E-state index in [0.29, 0.717) is 16.8 Å². The van der Waals surface area contributed by atoms with Crippen LogP contribution in [-0.4, -0.2) is 26.7 Å². The predicted octanol–water partition coefficient (Wildman–Crippen LogP) is 3.51. The highest BCUT2D eigenvalue weighted by molar-refractivity contribution is 9.08. The number of ether oxygens (including phenoxy) is 3. The molecule has 0 N–H and O–H groups in total. The number of halogens is 4. The van der Waals surface area contributed by atoms with Gasteiger partial charge >= 0.3 is 6.36 Å². The van der Waals surface area contributed by atoms with Crippen LogP contribution < -0.4 is 9.47 Å². The van der Waals surface area contributed by atoms with Gasteiger partial charge in [-0.25, -0.2) is 0 Å². The molecule has 0 spiro atoms. The van der Waals surface area contributed by atoms with Crippen LogP contribution in [0.25, 0.3) is 0 Å². The highest BCUT2D eigenvalue weighted by Crippen LogP contribution is 2.26. The molecule has 102 valence electrons. The topological polar surface area (TPSA) is 27.7 Å². The average Bonchev–Trinajstić information content (AvgIpc) is 2.33. The Labute approximate surface area is 111 Å². The van der Waals surface area contributed by atoms with Crippen LogP contribution in [-0.2, 0) is 10.1 Å². The fourth-order valence-electron chi connectivity index (χ4n) is 1.22. The molecule has 1 aromatic carbocycles. The minimum absolute atomic E-state index is 0.188. The zero-order valence-electron chi connectivity index (χ0n) is 9.59. The van der Waals surface area contributed by atoms with Crippen LogP contribution >= 0.6 is 15.9 Å². The van der Waals surface area contributed by atoms with Gasteiger partial charge in [0.2, 0.25) is 0 Å². The summed E-state index contributed by atoms with van der Waals surface area (Å²) in [5, 5.41) is 0.534. The van der Waals surface area contributed by atoms with Crippen molar-refractivity contribution in [2.24, 2.45) is 0 Å². The van der Waals surface area contributed by atoms with E-state index in [2.05, 4.69) is 20.7 Å². The van der Waals surface area contributed by atoms with Crippen molar-refractivity contribution < 1.29 is 27.4 Å². The molecule has 0 aliphatic carbocycles. The largest absolute Gasteiger partial charge is 0.522 e. The van der Waals surface area contributed by atoms with Gasteiger partial charge in [-0.15, -0.1) is 13.2 Å². The van der Waals surface area contributed by atoms with Crippen LogP contribution in [0.2, 0.25) is 0 Å². The van der Waals surface area contributed by atoms with Crippen molar-refractivity contribution in [1.29, 1.82) is 0 Å². The maximum absolute atomic E-state index is 11.7. The second-order valence-corrected chi connectivity index (χ2v) is 3.81. The van der Waals surface area contributed by atoms with E-state index >= 15 is 0 Å². The summed E-state index contributed by atoms with van der Waals surface area (Å²) in [6, 6.07) is 5.13. The minimum Gasteiger partial charge on any atom is -0.497 e. The number of rotatable bonds is 6. The van der Waals surface area contributed by atoms with Crippen LogP contribution in [0.5, 0.6) is 11.5 Å². The summed E-state index contributed by atoms with van der Waals surface area (Å²) in [5.41, 5.74) is 0.822. The predicted molar refractivity (Wildman–Crippen MR) is 63.1 cm³/mol. The Morgan fingerprint density at radius 2 is 1.94 bits per heavy atom. The molecule has 1 rings (SSSR count). The van der Waals surface area contributed by atoms with E-state index in [0.717, 1.165) is 5.56 Å². The Balaban J connectivity index is 2.54. The van der Waals surface area contributed by atoms with E-state index < -0.39 is 13.0 Å². The lowest BCUT2D eigenvalue weighted by atomic mass is 10.2. The first-order valence-corrected chi connectivity index (χ1v) is 6.15. The zero-order chi connectivity index (χ0) is 13.6. The maximum Gasteiger partial charge on any atom is 0.522 e. The van der Waals surface area contributed by atoms with Gasteiger partial charge in [-0.3, -0.25) is 4.74 Å². The van der Waals surface area contributed by atoms with Gasteiger partial charge in [0.15, 0.2) is 0 Å². The van der Waals surface area contributed by atoms with Crippen molar-refractivity contribution in [2.75, 3.05) is 20.3 Å². The maximum atomic E-state index is 11.7. The van der Waals surface area contributed by atoms with Crippen LogP contribution in [0.4, 0.5) is 13.2 Å². The summed E-state index contributed by atoms with van der Waals surface area (Å²) in [4.78, 5) is 0. The van der Waals surface area contributed by atoms with Gasteiger partial charge in [-0.2, -0.15) is 0 Å². The highest BCUT2D eigenvalue weighted by atomic mass is 79.9. The van der Waals surface area contributed by atoms with Gasteiger partial charge in [0.05, 0.1) is 13.7 Å². The van der Waals surface area contributed by atoms with E-state index in [1.54, 1.807) is 18.2 Å². The molecule has 0 aliphatic rings. The SMILES string of the molecule is COc1ccc(CBr)c(OCCOC(F)(F)F)c1. The Morgan fingerprint density at radius 1 is 1.22 bits per heavy atom. The molecule has 3 nitrogen and oxygen atoms in total. The molecule has 7 heteroatoms. The third-order valence-corrected chi connectivity index (χ3v) is 2.63. The smallest absolute Gasteiger partial charge is 0.497 e. The molecule has 0 fully saturated rings. The van der Waals surface area contributed by atoms with E-state index in [4.69, 9.17) is 9.47 Å². The number of hydrogen-bond acceptors (Lipinski definition) is 3. The Morgan fingerprint density at radius 3 is 2.50 bits per heavy atom. The lowest BCUT2D eigenvalue weighted by Crippen LogP contribution is -2.18. The first-order valence-electron chi connectivity index (χ1n) is 5.02. The second kappa shape index (κ2) is 6.84. The lowest BCUT2D eigenvalue weighted by Gasteiger charge is -2.12. The molecule has 0 radical (unpaired) electrons. The number of alkyl halides is 4. The van der Waals surface area contributed by atoms with Gasteiger partial charge in [-0.05, 0) is 6.07 Å². The summed E-state index contributed by atoms with van der Waals surface area (Å²) in [6.07, 6.45) is -4.63. The van der Waals surface area contributed by atoms with Crippen molar-refractivity contribution in [1.82, 2.24) is 0 Å². The third kappa shape index (κ3) is 5.14. The summed E-state index contributed by atoms with van der Waals surface area (Å²) < 4.78 is 49.1. The summed E-state index contributed by atoms with van der Waals surface area (Å²) in [5.74, 6) is 1.04. The van der Waals surface area contributed by atoms with E-state index in [9.17, 15) is 13.2 Å². The fourth-order valence-corrected chi connectivity index (χ4v) is 1.68. The first kappa shape index (κ1) is 15.1. The van der Waals surface area contributed by atoms with Gasteiger partial charge in [0, 0.05) is 17.0 Å². The number of methoxy groups -OCH3 is 1. The lowest BCUT2D eigenvalue weighted by molar-refractivity contribution is -0.325. The summed E-state index contributed by atoms with van der Waals surface area (Å²) in [6.45, 7) is -0.741. The van der Waals surface area contributed by atoms with Gasteiger partial charge in [0.25, 0.3) is 0 Å². The van der Waals surface area contributed by atoms with Crippen molar-refractivity contribution in [3.63, 3.8) is 0 Å². The molecule has 0 saturated heterocycles. The monoisotopic (exact) mass is 328 g/mol. The summed E-state index contributed by atoms with van der Waals surface area (Å²) in [7, 11) is 1.50. The third-order valence-electron chi connectivity index (χ3n) is 2.02. The fraction of sp³-hybridized carbons (Fsp3) is 0.455. The highest BCUT2D eigenvalue weighted by Gasteiger charge is 2.28. The molecule has 1 aromatic rings. The van der Waals surface area contributed by atoms with E-state index in [-0.39, 0.29) is 6.61 Å². The minimum atomic E-state index is -4.63. The molecule has 0 heterocycles.